The van der Waals surface area contributed by atoms with Crippen LogP contribution in [0.15, 0.2) is 0 Å². The number of likely N-dealkylation sites (N-methyl/N-ethyl adjacent to an activating group) is 1. The van der Waals surface area contributed by atoms with Gasteiger partial charge in [-0.05, 0) is 14.0 Å². The quantitative estimate of drug-likeness (QED) is 0.467. The molecule has 16 heavy (non-hydrogen) atoms. The summed E-state index contributed by atoms with van der Waals surface area (Å²) in [6.45, 7) is 8.16. The standard InChI is InChI=1S/C11H22N2O3/c1-3-16-11(14)10-15-9-8-13-6-4-12(2)5-7-13/h3-10H2,1-2H3. The van der Waals surface area contributed by atoms with Crippen LogP contribution in [0.25, 0.3) is 0 Å². The maximum Gasteiger partial charge on any atom is 0.332 e. The lowest BCUT2D eigenvalue weighted by atomic mass is 10.3. The van der Waals surface area contributed by atoms with Crippen molar-refractivity contribution in [2.75, 3.05) is 59.6 Å². The van der Waals surface area contributed by atoms with Crippen LogP contribution in [-0.2, 0) is 14.3 Å². The van der Waals surface area contributed by atoms with Crippen molar-refractivity contribution in [3.05, 3.63) is 0 Å². The molecule has 1 aliphatic heterocycles. The molecule has 0 aromatic heterocycles. The van der Waals surface area contributed by atoms with Crippen molar-refractivity contribution in [2.24, 2.45) is 0 Å². The number of hydrogen-bond acceptors (Lipinski definition) is 5. The van der Waals surface area contributed by atoms with Crippen LogP contribution in [-0.4, -0.2) is 75.4 Å². The first-order valence-corrected chi connectivity index (χ1v) is 5.86. The molecule has 0 aromatic rings. The van der Waals surface area contributed by atoms with Gasteiger partial charge in [-0.25, -0.2) is 4.79 Å². The van der Waals surface area contributed by atoms with E-state index < -0.39 is 0 Å². The fourth-order valence-electron chi connectivity index (χ4n) is 1.62. The lowest BCUT2D eigenvalue weighted by Gasteiger charge is -2.32. The molecule has 0 unspecified atom stereocenters. The van der Waals surface area contributed by atoms with Crippen molar-refractivity contribution in [1.29, 1.82) is 0 Å². The number of hydrogen-bond donors (Lipinski definition) is 0. The van der Waals surface area contributed by atoms with Crippen molar-refractivity contribution in [3.63, 3.8) is 0 Å². The highest BCUT2D eigenvalue weighted by atomic mass is 16.6. The summed E-state index contributed by atoms with van der Waals surface area (Å²) in [6, 6.07) is 0. The average Bonchev–Trinajstić information content (AvgIpc) is 2.27. The molecule has 0 radical (unpaired) electrons. The average molecular weight is 230 g/mol. The Balaban J connectivity index is 1.97. The lowest BCUT2D eigenvalue weighted by Crippen LogP contribution is -2.45. The first-order chi connectivity index (χ1) is 7.72. The Morgan fingerprint density at radius 1 is 1.25 bits per heavy atom. The smallest absolute Gasteiger partial charge is 0.332 e. The molecule has 0 atom stereocenters. The molecular weight excluding hydrogens is 208 g/mol. The van der Waals surface area contributed by atoms with E-state index in [0.29, 0.717) is 13.2 Å². The monoisotopic (exact) mass is 230 g/mol. The summed E-state index contributed by atoms with van der Waals surface area (Å²) in [7, 11) is 2.13. The number of ether oxygens (including phenoxy) is 2. The molecule has 0 aliphatic carbocycles. The van der Waals surface area contributed by atoms with Crippen LogP contribution in [0.2, 0.25) is 0 Å². The molecule has 1 heterocycles. The maximum absolute atomic E-state index is 11.0. The largest absolute Gasteiger partial charge is 0.464 e. The topological polar surface area (TPSA) is 42.0 Å². The third-order valence-corrected chi connectivity index (χ3v) is 2.67. The summed E-state index contributed by atoms with van der Waals surface area (Å²) in [5.74, 6) is -0.277. The fourth-order valence-corrected chi connectivity index (χ4v) is 1.62. The molecule has 0 spiro atoms. The van der Waals surface area contributed by atoms with E-state index in [-0.39, 0.29) is 12.6 Å². The molecule has 5 nitrogen and oxygen atoms in total. The molecule has 0 saturated carbocycles. The van der Waals surface area contributed by atoms with E-state index in [2.05, 4.69) is 16.8 Å². The highest BCUT2D eigenvalue weighted by molar-refractivity contribution is 5.70. The maximum atomic E-state index is 11.0. The number of carbonyl (C=O) groups excluding carboxylic acids is 1. The molecule has 0 N–H and O–H groups in total. The molecule has 1 aliphatic rings. The van der Waals surface area contributed by atoms with E-state index in [1.54, 1.807) is 6.92 Å². The van der Waals surface area contributed by atoms with Gasteiger partial charge in [0.1, 0.15) is 6.61 Å². The Labute approximate surface area is 97.3 Å². The van der Waals surface area contributed by atoms with Gasteiger partial charge < -0.3 is 14.4 Å². The van der Waals surface area contributed by atoms with Crippen molar-refractivity contribution >= 4 is 5.97 Å². The summed E-state index contributed by atoms with van der Waals surface area (Å²) < 4.78 is 10.0. The number of nitrogens with zero attached hydrogens (tertiary/aromatic N) is 2. The number of carbonyl (C=O) groups is 1. The minimum atomic E-state index is -0.277. The van der Waals surface area contributed by atoms with E-state index in [0.717, 1.165) is 32.7 Å². The third kappa shape index (κ3) is 5.44. The Morgan fingerprint density at radius 3 is 2.56 bits per heavy atom. The first-order valence-electron chi connectivity index (χ1n) is 5.86. The Morgan fingerprint density at radius 2 is 1.94 bits per heavy atom. The van der Waals surface area contributed by atoms with E-state index in [1.165, 1.54) is 0 Å². The minimum Gasteiger partial charge on any atom is -0.464 e. The van der Waals surface area contributed by atoms with Crippen LogP contribution >= 0.6 is 0 Å². The van der Waals surface area contributed by atoms with Crippen LogP contribution < -0.4 is 0 Å². The second-order valence-electron chi connectivity index (χ2n) is 4.00. The van der Waals surface area contributed by atoms with Crippen LogP contribution in [0.1, 0.15) is 6.92 Å². The van der Waals surface area contributed by atoms with Crippen LogP contribution in [0, 0.1) is 0 Å². The zero-order chi connectivity index (χ0) is 11.8. The number of piperazine rings is 1. The predicted octanol–water partition coefficient (Wildman–Crippen LogP) is -0.186. The second-order valence-corrected chi connectivity index (χ2v) is 4.00. The highest BCUT2D eigenvalue weighted by Crippen LogP contribution is 1.98. The van der Waals surface area contributed by atoms with E-state index >= 15 is 0 Å². The molecule has 1 rings (SSSR count). The molecule has 0 bridgehead atoms. The predicted molar refractivity (Wildman–Crippen MR) is 61.4 cm³/mol. The van der Waals surface area contributed by atoms with Gasteiger partial charge >= 0.3 is 5.97 Å². The van der Waals surface area contributed by atoms with E-state index in [4.69, 9.17) is 9.47 Å². The minimum absolute atomic E-state index is 0.0710. The van der Waals surface area contributed by atoms with Gasteiger partial charge in [0.25, 0.3) is 0 Å². The molecule has 1 fully saturated rings. The fraction of sp³-hybridized carbons (Fsp3) is 0.909. The van der Waals surface area contributed by atoms with Crippen LogP contribution in [0.5, 0.6) is 0 Å². The Bertz CT molecular complexity index is 203. The van der Waals surface area contributed by atoms with Crippen molar-refractivity contribution in [3.8, 4) is 0 Å². The van der Waals surface area contributed by atoms with Crippen molar-refractivity contribution in [1.82, 2.24) is 9.80 Å². The molecule has 5 heteroatoms. The van der Waals surface area contributed by atoms with Gasteiger partial charge in [-0.2, -0.15) is 0 Å². The lowest BCUT2D eigenvalue weighted by molar-refractivity contribution is -0.148. The number of esters is 1. The van der Waals surface area contributed by atoms with Gasteiger partial charge in [0.15, 0.2) is 0 Å². The molecular formula is C11H22N2O3. The summed E-state index contributed by atoms with van der Waals surface area (Å²) in [5, 5.41) is 0. The Hall–Kier alpha value is -0.650. The van der Waals surface area contributed by atoms with Gasteiger partial charge in [0, 0.05) is 32.7 Å². The molecule has 0 aromatic carbocycles. The zero-order valence-corrected chi connectivity index (χ0v) is 10.3. The second kappa shape index (κ2) is 7.60. The van der Waals surface area contributed by atoms with Crippen molar-refractivity contribution in [2.45, 2.75) is 6.92 Å². The zero-order valence-electron chi connectivity index (χ0n) is 10.3. The van der Waals surface area contributed by atoms with E-state index in [1.807, 2.05) is 0 Å². The van der Waals surface area contributed by atoms with Gasteiger partial charge in [-0.3, -0.25) is 4.90 Å². The molecule has 94 valence electrons. The Kier molecular flexibility index (Phi) is 6.37. The highest BCUT2D eigenvalue weighted by Gasteiger charge is 2.13. The summed E-state index contributed by atoms with van der Waals surface area (Å²) in [4.78, 5) is 15.6. The SMILES string of the molecule is CCOC(=O)COCCN1CCN(C)CC1. The van der Waals surface area contributed by atoms with Crippen LogP contribution in [0.4, 0.5) is 0 Å². The first kappa shape index (κ1) is 13.4. The normalized spacial score (nSPS) is 18.6. The summed E-state index contributed by atoms with van der Waals surface area (Å²) >= 11 is 0. The van der Waals surface area contributed by atoms with E-state index in [9.17, 15) is 4.79 Å². The van der Waals surface area contributed by atoms with Gasteiger partial charge in [-0.1, -0.05) is 0 Å². The summed E-state index contributed by atoms with van der Waals surface area (Å²) in [6.07, 6.45) is 0. The summed E-state index contributed by atoms with van der Waals surface area (Å²) in [5.41, 5.74) is 0. The van der Waals surface area contributed by atoms with Gasteiger partial charge in [0.2, 0.25) is 0 Å². The van der Waals surface area contributed by atoms with Crippen molar-refractivity contribution < 1.29 is 14.3 Å². The number of rotatable bonds is 6. The molecule has 0 amide bonds. The van der Waals surface area contributed by atoms with Gasteiger partial charge in [0.05, 0.1) is 13.2 Å². The van der Waals surface area contributed by atoms with Gasteiger partial charge in [-0.15, -0.1) is 0 Å². The van der Waals surface area contributed by atoms with Crippen LogP contribution in [0.3, 0.4) is 0 Å². The third-order valence-electron chi connectivity index (χ3n) is 2.67. The molecule has 1 saturated heterocycles.